The molecule has 0 fully saturated rings. The number of rotatable bonds is 4. The Hall–Kier alpha value is -0.970. The van der Waals surface area contributed by atoms with E-state index in [1.165, 1.54) is 12.1 Å². The summed E-state index contributed by atoms with van der Waals surface area (Å²) in [5, 5.41) is 3.16. The van der Waals surface area contributed by atoms with E-state index in [4.69, 9.17) is 33.7 Å². The number of anilines is 2. The molecule has 1 aromatic carbocycles. The highest BCUT2D eigenvalue weighted by Crippen LogP contribution is 2.32. The van der Waals surface area contributed by atoms with E-state index in [0.717, 1.165) is 0 Å². The number of nitrogen functional groups attached to an aromatic ring is 1. The molecule has 0 spiro atoms. The van der Waals surface area contributed by atoms with Gasteiger partial charge in [-0.25, -0.2) is 0 Å². The Balaban J connectivity index is 2.77. The van der Waals surface area contributed by atoms with Crippen LogP contribution in [0.15, 0.2) is 12.1 Å². The molecule has 0 saturated carbocycles. The lowest BCUT2D eigenvalue weighted by molar-refractivity contribution is -0.120. The topological polar surface area (TPSA) is 64.3 Å². The van der Waals surface area contributed by atoms with Crippen molar-refractivity contribution >= 4 is 40.5 Å². The summed E-state index contributed by atoms with van der Waals surface area (Å²) in [4.78, 5) is 11.4. The van der Waals surface area contributed by atoms with Crippen LogP contribution in [0.3, 0.4) is 0 Å². The number of nitrogens with two attached hydrogens (primary N) is 1. The van der Waals surface area contributed by atoms with Crippen LogP contribution >= 0.6 is 23.2 Å². The zero-order valence-electron chi connectivity index (χ0n) is 8.72. The van der Waals surface area contributed by atoms with Gasteiger partial charge >= 0.3 is 0 Å². The molecule has 0 aliphatic carbocycles. The molecule has 0 aliphatic heterocycles. The fourth-order valence-electron chi connectivity index (χ4n) is 1.08. The van der Waals surface area contributed by atoms with Crippen LogP contribution in [-0.4, -0.2) is 19.1 Å². The molecule has 0 atom stereocenters. The largest absolute Gasteiger partial charge is 0.399 e. The molecule has 16 heavy (non-hydrogen) atoms. The third-order valence-electron chi connectivity index (χ3n) is 1.77. The van der Waals surface area contributed by atoms with Crippen LogP contribution in [0.1, 0.15) is 6.92 Å². The van der Waals surface area contributed by atoms with Gasteiger partial charge in [0.15, 0.2) is 0 Å². The number of carbonyl (C=O) groups is 1. The Kier molecular flexibility index (Phi) is 4.86. The molecule has 3 N–H and O–H groups in total. The van der Waals surface area contributed by atoms with Crippen molar-refractivity contribution in [3.8, 4) is 0 Å². The molecule has 0 unspecified atom stereocenters. The highest BCUT2D eigenvalue weighted by Gasteiger charge is 2.10. The van der Waals surface area contributed by atoms with Crippen molar-refractivity contribution in [2.24, 2.45) is 0 Å². The predicted molar refractivity (Wildman–Crippen MR) is 66.0 cm³/mol. The Morgan fingerprint density at radius 3 is 2.50 bits per heavy atom. The zero-order valence-corrected chi connectivity index (χ0v) is 10.2. The van der Waals surface area contributed by atoms with Crippen molar-refractivity contribution < 1.29 is 9.53 Å². The van der Waals surface area contributed by atoms with Gasteiger partial charge in [0.05, 0.1) is 15.7 Å². The number of benzene rings is 1. The van der Waals surface area contributed by atoms with Crippen LogP contribution in [-0.2, 0) is 9.53 Å². The molecule has 1 rings (SSSR count). The summed E-state index contributed by atoms with van der Waals surface area (Å²) in [6.45, 7) is 2.24. The summed E-state index contributed by atoms with van der Waals surface area (Å²) in [5.41, 5.74) is 6.32. The normalized spacial score (nSPS) is 10.2. The van der Waals surface area contributed by atoms with E-state index in [1.807, 2.05) is 0 Å². The first-order valence-corrected chi connectivity index (χ1v) is 5.42. The fraction of sp³-hybridized carbons (Fsp3) is 0.300. The minimum absolute atomic E-state index is 0.0342. The van der Waals surface area contributed by atoms with E-state index >= 15 is 0 Å². The number of hydrogen-bond acceptors (Lipinski definition) is 3. The van der Waals surface area contributed by atoms with E-state index in [1.54, 1.807) is 6.92 Å². The summed E-state index contributed by atoms with van der Waals surface area (Å²) in [6, 6.07) is 3.04. The van der Waals surface area contributed by atoms with E-state index in [0.29, 0.717) is 28.0 Å². The van der Waals surface area contributed by atoms with Crippen molar-refractivity contribution in [3.05, 3.63) is 22.2 Å². The average molecular weight is 263 g/mol. The molecule has 0 aliphatic rings. The quantitative estimate of drug-likeness (QED) is 0.820. The number of hydrogen-bond donors (Lipinski definition) is 2. The van der Waals surface area contributed by atoms with Gasteiger partial charge in [-0.15, -0.1) is 0 Å². The molecule has 1 amide bonds. The van der Waals surface area contributed by atoms with Crippen molar-refractivity contribution in [2.45, 2.75) is 6.92 Å². The molecular weight excluding hydrogens is 251 g/mol. The first-order valence-electron chi connectivity index (χ1n) is 4.66. The van der Waals surface area contributed by atoms with Crippen molar-refractivity contribution in [3.63, 3.8) is 0 Å². The molecule has 6 heteroatoms. The smallest absolute Gasteiger partial charge is 0.250 e. The number of carbonyl (C=O) groups excluding carboxylic acids is 1. The van der Waals surface area contributed by atoms with Crippen molar-refractivity contribution in [2.75, 3.05) is 24.3 Å². The van der Waals surface area contributed by atoms with Crippen LogP contribution in [0.5, 0.6) is 0 Å². The zero-order chi connectivity index (χ0) is 12.1. The van der Waals surface area contributed by atoms with Gasteiger partial charge in [-0.3, -0.25) is 4.79 Å². The molecule has 0 radical (unpaired) electrons. The van der Waals surface area contributed by atoms with E-state index in [2.05, 4.69) is 5.32 Å². The molecule has 0 bridgehead atoms. The summed E-state index contributed by atoms with van der Waals surface area (Å²) >= 11 is 11.8. The first kappa shape index (κ1) is 13.1. The SMILES string of the molecule is CCOCC(=O)Nc1c(Cl)cc(N)cc1Cl. The van der Waals surface area contributed by atoms with Gasteiger partial charge in [0, 0.05) is 12.3 Å². The van der Waals surface area contributed by atoms with Gasteiger partial charge in [0.1, 0.15) is 6.61 Å². The van der Waals surface area contributed by atoms with Crippen LogP contribution in [0.4, 0.5) is 11.4 Å². The molecule has 0 heterocycles. The maximum Gasteiger partial charge on any atom is 0.250 e. The van der Waals surface area contributed by atoms with Gasteiger partial charge in [-0.05, 0) is 19.1 Å². The lowest BCUT2D eigenvalue weighted by atomic mass is 10.3. The van der Waals surface area contributed by atoms with Gasteiger partial charge in [-0.1, -0.05) is 23.2 Å². The summed E-state index contributed by atoms with van der Waals surface area (Å²) < 4.78 is 4.95. The molecule has 4 nitrogen and oxygen atoms in total. The van der Waals surface area contributed by atoms with Crippen LogP contribution in [0.2, 0.25) is 10.0 Å². The second kappa shape index (κ2) is 5.94. The monoisotopic (exact) mass is 262 g/mol. The Bertz CT molecular complexity index is 373. The van der Waals surface area contributed by atoms with Gasteiger partial charge in [0.2, 0.25) is 5.91 Å². The summed E-state index contributed by atoms with van der Waals surface area (Å²) in [5.74, 6) is -0.310. The van der Waals surface area contributed by atoms with Gasteiger partial charge in [0.25, 0.3) is 0 Å². The molecule has 88 valence electrons. The highest BCUT2D eigenvalue weighted by atomic mass is 35.5. The Labute approximate surface area is 104 Å². The second-order valence-corrected chi connectivity index (χ2v) is 3.86. The minimum Gasteiger partial charge on any atom is -0.399 e. The number of amides is 1. The lowest BCUT2D eigenvalue weighted by Gasteiger charge is -2.10. The number of halogens is 2. The average Bonchev–Trinajstić information content (AvgIpc) is 2.20. The van der Waals surface area contributed by atoms with Gasteiger partial charge in [-0.2, -0.15) is 0 Å². The van der Waals surface area contributed by atoms with Crippen molar-refractivity contribution in [1.82, 2.24) is 0 Å². The van der Waals surface area contributed by atoms with Crippen LogP contribution in [0.25, 0.3) is 0 Å². The van der Waals surface area contributed by atoms with E-state index < -0.39 is 0 Å². The van der Waals surface area contributed by atoms with E-state index in [-0.39, 0.29) is 12.5 Å². The Morgan fingerprint density at radius 2 is 2.00 bits per heavy atom. The number of ether oxygens (including phenoxy) is 1. The summed E-state index contributed by atoms with van der Waals surface area (Å²) in [7, 11) is 0. The maximum atomic E-state index is 11.4. The van der Waals surface area contributed by atoms with Gasteiger partial charge < -0.3 is 15.8 Å². The lowest BCUT2D eigenvalue weighted by Crippen LogP contribution is -2.18. The van der Waals surface area contributed by atoms with Crippen molar-refractivity contribution in [1.29, 1.82) is 0 Å². The second-order valence-electron chi connectivity index (χ2n) is 3.04. The summed E-state index contributed by atoms with van der Waals surface area (Å²) in [6.07, 6.45) is 0. The maximum absolute atomic E-state index is 11.4. The fourth-order valence-corrected chi connectivity index (χ4v) is 1.68. The molecule has 0 aromatic heterocycles. The standard InChI is InChI=1S/C10H12Cl2N2O2/c1-2-16-5-9(15)14-10-7(11)3-6(13)4-8(10)12/h3-4H,2,5,13H2,1H3,(H,14,15). The third-order valence-corrected chi connectivity index (χ3v) is 2.36. The molecule has 1 aromatic rings. The Morgan fingerprint density at radius 1 is 1.44 bits per heavy atom. The van der Waals surface area contributed by atoms with Crippen LogP contribution < -0.4 is 11.1 Å². The number of nitrogens with one attached hydrogen (secondary N) is 1. The predicted octanol–water partition coefficient (Wildman–Crippen LogP) is 2.55. The minimum atomic E-state index is -0.310. The van der Waals surface area contributed by atoms with E-state index in [9.17, 15) is 4.79 Å². The van der Waals surface area contributed by atoms with Crippen LogP contribution in [0, 0.1) is 0 Å². The highest BCUT2D eigenvalue weighted by molar-refractivity contribution is 6.40. The first-order chi connectivity index (χ1) is 7.54. The molecular formula is C10H12Cl2N2O2. The third kappa shape index (κ3) is 3.56. The molecule has 0 saturated heterocycles.